The minimum absolute atomic E-state index is 0.226. The highest BCUT2D eigenvalue weighted by Crippen LogP contribution is 2.27. The molecule has 1 heterocycles. The van der Waals surface area contributed by atoms with Crippen molar-refractivity contribution >= 4 is 5.91 Å². The highest BCUT2D eigenvalue weighted by atomic mass is 16.3. The Morgan fingerprint density at radius 3 is 2.82 bits per heavy atom. The van der Waals surface area contributed by atoms with Gasteiger partial charge in [0.05, 0.1) is 11.3 Å². The number of nitrogens with zero attached hydrogens (tertiary/aromatic N) is 1. The van der Waals surface area contributed by atoms with Crippen LogP contribution >= 0.6 is 0 Å². The van der Waals surface area contributed by atoms with Gasteiger partial charge in [0.1, 0.15) is 0 Å². The number of rotatable bonds is 3. The Kier molecular flexibility index (Phi) is 3.47. The molecule has 17 heavy (non-hydrogen) atoms. The second-order valence-electron chi connectivity index (χ2n) is 4.73. The number of carbonyl (C=O) groups is 1. The first-order valence-electron chi connectivity index (χ1n) is 6.01. The van der Waals surface area contributed by atoms with Crippen molar-refractivity contribution in [3.8, 4) is 0 Å². The quantitative estimate of drug-likeness (QED) is 0.834. The summed E-state index contributed by atoms with van der Waals surface area (Å²) in [5.74, 6) is -0.0802. The first-order chi connectivity index (χ1) is 8.11. The number of hydrogen-bond donors (Lipinski definition) is 2. The fraction of sp³-hybridized carbons (Fsp3) is 0.667. The lowest BCUT2D eigenvalue weighted by molar-refractivity contribution is 0.00501. The molecular formula is C12H18N2O3. The minimum atomic E-state index is -0.748. The number of amides is 1. The number of hydrogen-bond acceptors (Lipinski definition) is 4. The molecule has 0 radical (unpaired) electrons. The number of nitrogens with one attached hydrogen (secondary N) is 1. The zero-order valence-electron chi connectivity index (χ0n) is 10.0. The number of carbonyl (C=O) groups excluding carboxylic acids is 1. The zero-order valence-corrected chi connectivity index (χ0v) is 10.0. The van der Waals surface area contributed by atoms with Gasteiger partial charge in [0, 0.05) is 6.54 Å². The summed E-state index contributed by atoms with van der Waals surface area (Å²) >= 11 is 0. The molecule has 0 aliphatic heterocycles. The molecule has 0 spiro atoms. The first-order valence-corrected chi connectivity index (χ1v) is 6.01. The van der Waals surface area contributed by atoms with Crippen molar-refractivity contribution in [1.29, 1.82) is 0 Å². The number of oxazole rings is 1. The van der Waals surface area contributed by atoms with Gasteiger partial charge in [-0.25, -0.2) is 4.98 Å². The summed E-state index contributed by atoms with van der Waals surface area (Å²) in [6.45, 7) is 2.00. The van der Waals surface area contributed by atoms with Gasteiger partial charge in [-0.2, -0.15) is 0 Å². The molecule has 1 aliphatic rings. The van der Waals surface area contributed by atoms with E-state index >= 15 is 0 Å². The van der Waals surface area contributed by atoms with Crippen LogP contribution in [-0.4, -0.2) is 28.1 Å². The van der Waals surface area contributed by atoms with Gasteiger partial charge in [0.2, 0.25) is 5.76 Å². The van der Waals surface area contributed by atoms with Gasteiger partial charge in [-0.1, -0.05) is 19.3 Å². The summed E-state index contributed by atoms with van der Waals surface area (Å²) in [6.07, 6.45) is 5.96. The van der Waals surface area contributed by atoms with E-state index in [9.17, 15) is 9.90 Å². The van der Waals surface area contributed by atoms with Crippen molar-refractivity contribution in [3.63, 3.8) is 0 Å². The highest BCUT2D eigenvalue weighted by molar-refractivity contribution is 5.92. The lowest BCUT2D eigenvalue weighted by atomic mass is 9.85. The number of aliphatic hydroxyl groups is 1. The van der Waals surface area contributed by atoms with E-state index in [1.807, 2.05) is 0 Å². The van der Waals surface area contributed by atoms with Gasteiger partial charge in [-0.3, -0.25) is 4.79 Å². The summed E-state index contributed by atoms with van der Waals surface area (Å²) in [5.41, 5.74) is -0.180. The molecule has 1 saturated carbocycles. The normalized spacial score (nSPS) is 18.9. The molecule has 5 heteroatoms. The third-order valence-corrected chi connectivity index (χ3v) is 3.31. The molecule has 94 valence electrons. The van der Waals surface area contributed by atoms with Gasteiger partial charge in [-0.15, -0.1) is 0 Å². The van der Waals surface area contributed by atoms with Crippen molar-refractivity contribution in [2.24, 2.45) is 0 Å². The maximum Gasteiger partial charge on any atom is 0.289 e. The molecule has 1 aliphatic carbocycles. The van der Waals surface area contributed by atoms with Crippen LogP contribution in [0.2, 0.25) is 0 Å². The second kappa shape index (κ2) is 4.87. The van der Waals surface area contributed by atoms with Crippen molar-refractivity contribution in [1.82, 2.24) is 10.3 Å². The second-order valence-corrected chi connectivity index (χ2v) is 4.73. The van der Waals surface area contributed by atoms with E-state index < -0.39 is 5.60 Å². The van der Waals surface area contributed by atoms with E-state index in [-0.39, 0.29) is 18.2 Å². The molecule has 0 unspecified atom stereocenters. The lowest BCUT2D eigenvalue weighted by Crippen LogP contribution is -2.44. The Balaban J connectivity index is 1.90. The van der Waals surface area contributed by atoms with E-state index in [2.05, 4.69) is 10.3 Å². The average Bonchev–Trinajstić information content (AvgIpc) is 2.74. The summed E-state index contributed by atoms with van der Waals surface area (Å²) in [7, 11) is 0. The average molecular weight is 238 g/mol. The van der Waals surface area contributed by atoms with Gasteiger partial charge < -0.3 is 14.8 Å². The van der Waals surface area contributed by atoms with Crippen molar-refractivity contribution in [2.45, 2.75) is 44.6 Å². The SMILES string of the molecule is Cc1ncoc1C(=O)NCC1(O)CCCCC1. The molecule has 1 aromatic rings. The lowest BCUT2D eigenvalue weighted by Gasteiger charge is -2.31. The van der Waals surface area contributed by atoms with Crippen LogP contribution in [0.25, 0.3) is 0 Å². The highest BCUT2D eigenvalue weighted by Gasteiger charge is 2.30. The van der Waals surface area contributed by atoms with Crippen LogP contribution < -0.4 is 5.32 Å². The van der Waals surface area contributed by atoms with Gasteiger partial charge in [-0.05, 0) is 19.8 Å². The Morgan fingerprint density at radius 2 is 2.24 bits per heavy atom. The first kappa shape index (κ1) is 12.1. The molecule has 0 aromatic carbocycles. The topological polar surface area (TPSA) is 75.4 Å². The molecule has 1 aromatic heterocycles. The van der Waals surface area contributed by atoms with Gasteiger partial charge in [0.25, 0.3) is 5.91 Å². The minimum Gasteiger partial charge on any atom is -0.438 e. The standard InChI is InChI=1S/C12H18N2O3/c1-9-10(17-8-14-9)11(15)13-7-12(16)5-3-2-4-6-12/h8,16H,2-7H2,1H3,(H,13,15). The smallest absolute Gasteiger partial charge is 0.289 e. The fourth-order valence-electron chi connectivity index (χ4n) is 2.23. The van der Waals surface area contributed by atoms with Crippen LogP contribution in [0.1, 0.15) is 48.4 Å². The summed E-state index contributed by atoms with van der Waals surface area (Å²) < 4.78 is 4.99. The number of aromatic nitrogens is 1. The molecule has 0 atom stereocenters. The maximum atomic E-state index is 11.8. The van der Waals surface area contributed by atoms with E-state index in [0.717, 1.165) is 32.1 Å². The van der Waals surface area contributed by atoms with Gasteiger partial charge in [0.15, 0.2) is 6.39 Å². The van der Waals surface area contributed by atoms with Crippen molar-refractivity contribution in [2.75, 3.05) is 6.54 Å². The molecule has 1 fully saturated rings. The Labute approximate surface area is 100 Å². The van der Waals surface area contributed by atoms with E-state index in [4.69, 9.17) is 4.42 Å². The number of aryl methyl sites for hydroxylation is 1. The summed E-state index contributed by atoms with van der Waals surface area (Å²) in [4.78, 5) is 15.6. The molecule has 0 bridgehead atoms. The monoisotopic (exact) mass is 238 g/mol. The molecular weight excluding hydrogens is 220 g/mol. The molecule has 2 rings (SSSR count). The van der Waals surface area contributed by atoms with Crippen LogP contribution in [0.3, 0.4) is 0 Å². The predicted octanol–water partition coefficient (Wildman–Crippen LogP) is 1.41. The Hall–Kier alpha value is -1.36. The van der Waals surface area contributed by atoms with Crippen molar-refractivity contribution in [3.05, 3.63) is 17.8 Å². The fourth-order valence-corrected chi connectivity index (χ4v) is 2.23. The zero-order chi connectivity index (χ0) is 12.3. The van der Waals surface area contributed by atoms with Crippen LogP contribution in [0.5, 0.6) is 0 Å². The van der Waals surface area contributed by atoms with Crippen LogP contribution in [0.15, 0.2) is 10.8 Å². The largest absolute Gasteiger partial charge is 0.438 e. The maximum absolute atomic E-state index is 11.8. The molecule has 0 saturated heterocycles. The summed E-state index contributed by atoms with van der Waals surface area (Å²) in [5, 5.41) is 12.9. The third kappa shape index (κ3) is 2.85. The predicted molar refractivity (Wildman–Crippen MR) is 61.6 cm³/mol. The molecule has 1 amide bonds. The van der Waals surface area contributed by atoms with E-state index in [0.29, 0.717) is 5.69 Å². The van der Waals surface area contributed by atoms with E-state index in [1.54, 1.807) is 6.92 Å². The van der Waals surface area contributed by atoms with Crippen molar-refractivity contribution < 1.29 is 14.3 Å². The van der Waals surface area contributed by atoms with Crippen LogP contribution in [0, 0.1) is 6.92 Å². The Morgan fingerprint density at radius 1 is 1.53 bits per heavy atom. The van der Waals surface area contributed by atoms with Crippen LogP contribution in [0.4, 0.5) is 0 Å². The Bertz CT molecular complexity index is 394. The van der Waals surface area contributed by atoms with Crippen LogP contribution in [-0.2, 0) is 0 Å². The summed E-state index contributed by atoms with van der Waals surface area (Å²) in [6, 6.07) is 0. The van der Waals surface area contributed by atoms with E-state index in [1.165, 1.54) is 6.39 Å². The molecule has 2 N–H and O–H groups in total. The van der Waals surface area contributed by atoms with Gasteiger partial charge >= 0.3 is 0 Å². The third-order valence-electron chi connectivity index (χ3n) is 3.31. The molecule has 5 nitrogen and oxygen atoms in total.